The van der Waals surface area contributed by atoms with Gasteiger partial charge in [0.15, 0.2) is 0 Å². The quantitative estimate of drug-likeness (QED) is 0.907. The Bertz CT molecular complexity index is 437. The fraction of sp³-hybridized carbons (Fsp3) is 0.200. The van der Waals surface area contributed by atoms with E-state index in [0.29, 0.717) is 4.47 Å². The van der Waals surface area contributed by atoms with Crippen molar-refractivity contribution in [1.82, 2.24) is 4.90 Å². The van der Waals surface area contributed by atoms with Gasteiger partial charge in [-0.3, -0.25) is 9.59 Å². The van der Waals surface area contributed by atoms with E-state index in [9.17, 15) is 14.0 Å². The monoisotopic (exact) mass is 288 g/mol. The van der Waals surface area contributed by atoms with E-state index >= 15 is 0 Å². The molecule has 0 fully saturated rings. The number of benzene rings is 1. The number of rotatable bonds is 3. The van der Waals surface area contributed by atoms with Crippen LogP contribution in [0.25, 0.3) is 0 Å². The summed E-state index contributed by atoms with van der Waals surface area (Å²) in [5, 5.41) is 0. The molecule has 0 heterocycles. The Labute approximate surface area is 100 Å². The third-order valence-electron chi connectivity index (χ3n) is 1.90. The van der Waals surface area contributed by atoms with E-state index in [0.717, 1.165) is 11.0 Å². The molecular weight excluding hydrogens is 279 g/mol. The molecule has 0 saturated heterocycles. The van der Waals surface area contributed by atoms with Crippen molar-refractivity contribution in [3.05, 3.63) is 34.1 Å². The van der Waals surface area contributed by atoms with Crippen molar-refractivity contribution in [2.45, 2.75) is 0 Å². The molecule has 6 heteroatoms. The smallest absolute Gasteiger partial charge is 0.255 e. The van der Waals surface area contributed by atoms with Gasteiger partial charge < -0.3 is 10.6 Å². The summed E-state index contributed by atoms with van der Waals surface area (Å²) in [7, 11) is 1.42. The van der Waals surface area contributed by atoms with Crippen LogP contribution in [0, 0.1) is 5.82 Å². The first kappa shape index (κ1) is 12.6. The van der Waals surface area contributed by atoms with Crippen LogP contribution >= 0.6 is 15.9 Å². The first-order chi connectivity index (χ1) is 7.41. The number of nitrogens with two attached hydrogens (primary N) is 1. The van der Waals surface area contributed by atoms with Gasteiger partial charge in [0.1, 0.15) is 5.82 Å². The van der Waals surface area contributed by atoms with Gasteiger partial charge in [0.25, 0.3) is 5.91 Å². The van der Waals surface area contributed by atoms with Gasteiger partial charge in [-0.25, -0.2) is 4.39 Å². The van der Waals surface area contributed by atoms with Crippen molar-refractivity contribution >= 4 is 27.7 Å². The maximum absolute atomic E-state index is 13.0. The Morgan fingerprint density at radius 3 is 2.69 bits per heavy atom. The molecule has 2 amide bonds. The number of primary amides is 1. The van der Waals surface area contributed by atoms with Gasteiger partial charge >= 0.3 is 0 Å². The van der Waals surface area contributed by atoms with Crippen molar-refractivity contribution in [3.8, 4) is 0 Å². The minimum atomic E-state index is -0.622. The standard InChI is InChI=1S/C10H10BrFN2O2/c1-14(5-9(13)15)10(16)7-4-6(12)2-3-8(7)11/h2-4H,5H2,1H3,(H2,13,15). The van der Waals surface area contributed by atoms with Crippen LogP contribution < -0.4 is 5.73 Å². The highest BCUT2D eigenvalue weighted by Gasteiger charge is 2.16. The van der Waals surface area contributed by atoms with Gasteiger partial charge in [-0.05, 0) is 34.1 Å². The molecule has 4 nitrogen and oxygen atoms in total. The molecule has 2 N–H and O–H groups in total. The average molecular weight is 289 g/mol. The Morgan fingerprint density at radius 1 is 1.50 bits per heavy atom. The Hall–Kier alpha value is -1.43. The lowest BCUT2D eigenvalue weighted by Crippen LogP contribution is -2.35. The van der Waals surface area contributed by atoms with Gasteiger partial charge in [-0.1, -0.05) is 0 Å². The molecule has 0 aliphatic carbocycles. The van der Waals surface area contributed by atoms with E-state index in [4.69, 9.17) is 5.73 Å². The summed E-state index contributed by atoms with van der Waals surface area (Å²) in [5.74, 6) is -1.60. The highest BCUT2D eigenvalue weighted by atomic mass is 79.9. The van der Waals surface area contributed by atoms with Crippen LogP contribution in [0.1, 0.15) is 10.4 Å². The van der Waals surface area contributed by atoms with Crippen molar-refractivity contribution in [2.75, 3.05) is 13.6 Å². The number of nitrogens with zero attached hydrogens (tertiary/aromatic N) is 1. The molecule has 0 saturated carbocycles. The van der Waals surface area contributed by atoms with Crippen molar-refractivity contribution in [1.29, 1.82) is 0 Å². The molecule has 1 aromatic carbocycles. The first-order valence-corrected chi connectivity index (χ1v) is 5.20. The number of carbonyl (C=O) groups excluding carboxylic acids is 2. The van der Waals surface area contributed by atoms with E-state index < -0.39 is 17.6 Å². The zero-order valence-electron chi connectivity index (χ0n) is 8.54. The summed E-state index contributed by atoms with van der Waals surface area (Å²) in [5.41, 5.74) is 5.11. The molecule has 0 bridgehead atoms. The van der Waals surface area contributed by atoms with Crippen LogP contribution in [-0.4, -0.2) is 30.3 Å². The molecule has 0 unspecified atom stereocenters. The van der Waals surface area contributed by atoms with Gasteiger partial charge in [-0.15, -0.1) is 0 Å². The zero-order valence-corrected chi connectivity index (χ0v) is 10.1. The lowest BCUT2D eigenvalue weighted by atomic mass is 10.2. The lowest BCUT2D eigenvalue weighted by molar-refractivity contribution is -0.118. The van der Waals surface area contributed by atoms with Crippen LogP contribution in [0.2, 0.25) is 0 Å². The van der Waals surface area contributed by atoms with E-state index in [1.54, 1.807) is 0 Å². The zero-order chi connectivity index (χ0) is 12.3. The minimum absolute atomic E-state index is 0.156. The van der Waals surface area contributed by atoms with Gasteiger partial charge in [0.05, 0.1) is 12.1 Å². The maximum Gasteiger partial charge on any atom is 0.255 e. The number of hydrogen-bond acceptors (Lipinski definition) is 2. The molecule has 0 aliphatic rings. The molecular formula is C10H10BrFN2O2. The van der Waals surface area contributed by atoms with Crippen LogP contribution in [0.5, 0.6) is 0 Å². The predicted molar refractivity (Wildman–Crippen MR) is 60.3 cm³/mol. The second-order valence-corrected chi connectivity index (χ2v) is 4.11. The molecule has 1 rings (SSSR count). The van der Waals surface area contributed by atoms with Gasteiger partial charge in [0.2, 0.25) is 5.91 Å². The molecule has 86 valence electrons. The second kappa shape index (κ2) is 5.07. The third kappa shape index (κ3) is 3.03. The van der Waals surface area contributed by atoms with E-state index in [2.05, 4.69) is 15.9 Å². The van der Waals surface area contributed by atoms with Crippen LogP contribution in [-0.2, 0) is 4.79 Å². The van der Waals surface area contributed by atoms with Crippen LogP contribution in [0.4, 0.5) is 4.39 Å². The first-order valence-electron chi connectivity index (χ1n) is 4.40. The molecule has 1 aromatic rings. The second-order valence-electron chi connectivity index (χ2n) is 3.25. The molecule has 0 aliphatic heterocycles. The maximum atomic E-state index is 13.0. The SMILES string of the molecule is CN(CC(N)=O)C(=O)c1cc(F)ccc1Br. The normalized spacial score (nSPS) is 9.94. The van der Waals surface area contributed by atoms with Crippen LogP contribution in [0.3, 0.4) is 0 Å². The molecule has 0 atom stereocenters. The lowest BCUT2D eigenvalue weighted by Gasteiger charge is -2.15. The highest BCUT2D eigenvalue weighted by Crippen LogP contribution is 2.19. The summed E-state index contributed by atoms with van der Waals surface area (Å²) < 4.78 is 13.4. The van der Waals surface area contributed by atoms with Crippen molar-refractivity contribution in [2.24, 2.45) is 5.73 Å². The largest absolute Gasteiger partial charge is 0.368 e. The molecule has 0 radical (unpaired) electrons. The Kier molecular flexibility index (Phi) is 4.00. The topological polar surface area (TPSA) is 63.4 Å². The highest BCUT2D eigenvalue weighted by molar-refractivity contribution is 9.10. The number of carbonyl (C=O) groups is 2. The fourth-order valence-electron chi connectivity index (χ4n) is 1.17. The summed E-state index contributed by atoms with van der Waals surface area (Å²) in [6.07, 6.45) is 0. The summed E-state index contributed by atoms with van der Waals surface area (Å²) >= 11 is 3.14. The number of hydrogen-bond donors (Lipinski definition) is 1. The van der Waals surface area contributed by atoms with Crippen molar-refractivity contribution in [3.63, 3.8) is 0 Å². The fourth-order valence-corrected chi connectivity index (χ4v) is 1.59. The average Bonchev–Trinajstić information content (AvgIpc) is 2.19. The predicted octanol–water partition coefficient (Wildman–Crippen LogP) is 1.15. The third-order valence-corrected chi connectivity index (χ3v) is 2.59. The summed E-state index contributed by atoms with van der Waals surface area (Å²) in [4.78, 5) is 23.5. The number of halogens is 2. The summed E-state index contributed by atoms with van der Waals surface area (Å²) in [6.45, 7) is -0.207. The minimum Gasteiger partial charge on any atom is -0.368 e. The van der Waals surface area contributed by atoms with Crippen LogP contribution in [0.15, 0.2) is 22.7 Å². The molecule has 0 aromatic heterocycles. The Morgan fingerprint density at radius 2 is 2.12 bits per heavy atom. The number of likely N-dealkylation sites (N-methyl/N-ethyl adjacent to an activating group) is 1. The summed E-state index contributed by atoms with van der Waals surface area (Å²) in [6, 6.07) is 3.76. The van der Waals surface area contributed by atoms with Crippen molar-refractivity contribution < 1.29 is 14.0 Å². The Balaban J connectivity index is 2.95. The van der Waals surface area contributed by atoms with Gasteiger partial charge in [-0.2, -0.15) is 0 Å². The molecule has 0 spiro atoms. The molecule has 16 heavy (non-hydrogen) atoms. The number of amides is 2. The van der Waals surface area contributed by atoms with E-state index in [1.807, 2.05) is 0 Å². The van der Waals surface area contributed by atoms with Gasteiger partial charge in [0, 0.05) is 11.5 Å². The van der Waals surface area contributed by atoms with E-state index in [-0.39, 0.29) is 12.1 Å². The van der Waals surface area contributed by atoms with E-state index in [1.165, 1.54) is 19.2 Å².